The molecule has 0 saturated heterocycles. The van der Waals surface area contributed by atoms with Crippen LogP contribution < -0.4 is 5.73 Å². The number of nitrogens with one attached hydrogen (secondary N) is 1. The first-order valence-electron chi connectivity index (χ1n) is 5.09. The number of hydrogen-bond acceptors (Lipinski definition) is 6. The lowest BCUT2D eigenvalue weighted by Crippen LogP contribution is -1.91. The fourth-order valence-electron chi connectivity index (χ4n) is 1.49. The van der Waals surface area contributed by atoms with Gasteiger partial charge >= 0.3 is 0 Å². The topological polar surface area (TPSA) is 93.4 Å². The Kier molecular flexibility index (Phi) is 3.17. The summed E-state index contributed by atoms with van der Waals surface area (Å²) in [5, 5.41) is 1.27. The van der Waals surface area contributed by atoms with Crippen molar-refractivity contribution in [3.8, 4) is 0 Å². The number of nitrogen functional groups attached to an aromatic ring is 1. The number of nitrogens with zero attached hydrogens (tertiary/aromatic N) is 4. The number of fused-ring (bicyclic) bond motifs is 1. The first-order chi connectivity index (χ1) is 9.11. The van der Waals surface area contributed by atoms with Gasteiger partial charge in [0.05, 0.1) is 0 Å². The second-order valence-corrected chi connectivity index (χ2v) is 5.39. The van der Waals surface area contributed by atoms with E-state index >= 15 is 0 Å². The van der Waals surface area contributed by atoms with Crippen molar-refractivity contribution in [2.45, 2.75) is 10.1 Å². The molecule has 0 spiro atoms. The maximum Gasteiger partial charge on any atom is 0.183 e. The molecule has 3 aromatic heterocycles. The third kappa shape index (κ3) is 2.58. The van der Waals surface area contributed by atoms with Gasteiger partial charge in [-0.05, 0) is 12.1 Å². The van der Waals surface area contributed by atoms with E-state index in [-0.39, 0.29) is 0 Å². The highest BCUT2D eigenvalue weighted by atomic mass is 35.5. The Hall–Kier alpha value is -1.57. The SMILES string of the molecule is Nc1ncnc2nc(Sc3cc(Cl)nc(Cl)c3)[nH]c12. The van der Waals surface area contributed by atoms with E-state index in [9.17, 15) is 0 Å². The number of hydrogen-bond donors (Lipinski definition) is 2. The van der Waals surface area contributed by atoms with Crippen LogP contribution in [0.5, 0.6) is 0 Å². The Morgan fingerprint density at radius 3 is 2.53 bits per heavy atom. The number of pyridine rings is 1. The monoisotopic (exact) mass is 312 g/mol. The van der Waals surface area contributed by atoms with E-state index in [0.29, 0.717) is 32.4 Å². The molecule has 19 heavy (non-hydrogen) atoms. The van der Waals surface area contributed by atoms with Crippen LogP contribution in [-0.2, 0) is 0 Å². The summed E-state index contributed by atoms with van der Waals surface area (Å²) in [6, 6.07) is 3.39. The molecule has 0 amide bonds. The Bertz CT molecular complexity index is 739. The summed E-state index contributed by atoms with van der Waals surface area (Å²) in [4.78, 5) is 20.0. The van der Waals surface area contributed by atoms with Crippen LogP contribution >= 0.6 is 35.0 Å². The molecule has 6 nitrogen and oxygen atoms in total. The number of aromatic amines is 1. The molecule has 0 aliphatic heterocycles. The first kappa shape index (κ1) is 12.5. The van der Waals surface area contributed by atoms with Gasteiger partial charge in [-0.15, -0.1) is 0 Å². The lowest BCUT2D eigenvalue weighted by molar-refractivity contribution is 1.07. The second-order valence-electron chi connectivity index (χ2n) is 3.55. The molecule has 96 valence electrons. The summed E-state index contributed by atoms with van der Waals surface area (Å²) in [5.74, 6) is 0.357. The number of imidazole rings is 1. The quantitative estimate of drug-likeness (QED) is 0.707. The van der Waals surface area contributed by atoms with E-state index in [0.717, 1.165) is 4.90 Å². The summed E-state index contributed by atoms with van der Waals surface area (Å²) in [6.07, 6.45) is 1.37. The van der Waals surface area contributed by atoms with Crippen molar-refractivity contribution in [3.63, 3.8) is 0 Å². The van der Waals surface area contributed by atoms with E-state index in [1.165, 1.54) is 18.1 Å². The standard InChI is InChI=1S/C10H6Cl2N6S/c11-5-1-4(2-6(12)16-5)19-10-17-7-8(13)14-3-15-9(7)18-10/h1-3H,(H3,13,14,15,17,18). The molecule has 3 rings (SSSR count). The van der Waals surface area contributed by atoms with Gasteiger partial charge in [-0.1, -0.05) is 35.0 Å². The number of anilines is 1. The molecule has 0 aromatic carbocycles. The van der Waals surface area contributed by atoms with E-state index in [4.69, 9.17) is 28.9 Å². The minimum atomic E-state index is 0.324. The molecule has 0 bridgehead atoms. The molecule has 0 atom stereocenters. The van der Waals surface area contributed by atoms with Crippen LogP contribution in [0.15, 0.2) is 28.5 Å². The highest BCUT2D eigenvalue weighted by Crippen LogP contribution is 2.30. The second kappa shape index (κ2) is 4.84. The van der Waals surface area contributed by atoms with Crippen LogP contribution in [-0.4, -0.2) is 24.9 Å². The molecule has 0 fully saturated rings. The summed E-state index contributed by atoms with van der Waals surface area (Å²) in [6.45, 7) is 0. The van der Waals surface area contributed by atoms with Crippen LogP contribution in [0, 0.1) is 0 Å². The fraction of sp³-hybridized carbons (Fsp3) is 0. The lowest BCUT2D eigenvalue weighted by atomic mass is 10.5. The average Bonchev–Trinajstić information content (AvgIpc) is 2.71. The molecular weight excluding hydrogens is 307 g/mol. The summed E-state index contributed by atoms with van der Waals surface area (Å²) in [5.41, 5.74) is 6.85. The maximum atomic E-state index is 5.84. The van der Waals surface area contributed by atoms with Crippen molar-refractivity contribution in [1.82, 2.24) is 24.9 Å². The van der Waals surface area contributed by atoms with Crippen molar-refractivity contribution >= 4 is 51.9 Å². The van der Waals surface area contributed by atoms with Gasteiger partial charge in [0.25, 0.3) is 0 Å². The molecule has 9 heteroatoms. The zero-order valence-corrected chi connectivity index (χ0v) is 11.6. The van der Waals surface area contributed by atoms with Gasteiger partial charge in [0, 0.05) is 4.90 Å². The van der Waals surface area contributed by atoms with E-state index in [1.54, 1.807) is 12.1 Å². The van der Waals surface area contributed by atoms with Crippen LogP contribution in [0.3, 0.4) is 0 Å². The Balaban J connectivity index is 1.99. The molecule has 0 radical (unpaired) electrons. The van der Waals surface area contributed by atoms with Crippen LogP contribution in [0.25, 0.3) is 11.2 Å². The molecule has 0 saturated carbocycles. The number of nitrogens with two attached hydrogens (primary N) is 1. The van der Waals surface area contributed by atoms with Crippen molar-refractivity contribution in [2.75, 3.05) is 5.73 Å². The van der Waals surface area contributed by atoms with Gasteiger partial charge in [0.15, 0.2) is 16.6 Å². The first-order valence-corrected chi connectivity index (χ1v) is 6.66. The number of rotatable bonds is 2. The number of H-pyrrole nitrogens is 1. The normalized spacial score (nSPS) is 11.1. The summed E-state index contributed by atoms with van der Waals surface area (Å²) >= 11 is 13.0. The predicted octanol–water partition coefficient (Wildman–Crippen LogP) is 2.79. The predicted molar refractivity (Wildman–Crippen MR) is 74.5 cm³/mol. The van der Waals surface area contributed by atoms with Crippen molar-refractivity contribution < 1.29 is 0 Å². The van der Waals surface area contributed by atoms with Gasteiger partial charge < -0.3 is 10.7 Å². The number of halogens is 2. The molecular formula is C10H6Cl2N6S. The van der Waals surface area contributed by atoms with Gasteiger partial charge in [0.1, 0.15) is 22.2 Å². The molecule has 3 N–H and O–H groups in total. The van der Waals surface area contributed by atoms with Gasteiger partial charge in [-0.3, -0.25) is 0 Å². The molecule has 0 aliphatic rings. The molecule has 3 aromatic rings. The zero-order valence-electron chi connectivity index (χ0n) is 9.26. The van der Waals surface area contributed by atoms with Gasteiger partial charge in [-0.2, -0.15) is 0 Å². The minimum Gasteiger partial charge on any atom is -0.382 e. The minimum absolute atomic E-state index is 0.324. The van der Waals surface area contributed by atoms with Gasteiger partial charge in [-0.25, -0.2) is 19.9 Å². The summed E-state index contributed by atoms with van der Waals surface area (Å²) in [7, 11) is 0. The van der Waals surface area contributed by atoms with E-state index in [1.807, 2.05) is 0 Å². The van der Waals surface area contributed by atoms with Gasteiger partial charge in [0.2, 0.25) is 0 Å². The van der Waals surface area contributed by atoms with E-state index < -0.39 is 0 Å². The smallest absolute Gasteiger partial charge is 0.183 e. The third-order valence-corrected chi connectivity index (χ3v) is 3.49. The van der Waals surface area contributed by atoms with Crippen LogP contribution in [0.4, 0.5) is 5.82 Å². The Morgan fingerprint density at radius 2 is 1.84 bits per heavy atom. The average molecular weight is 313 g/mol. The lowest BCUT2D eigenvalue weighted by Gasteiger charge is -1.99. The number of aromatic nitrogens is 5. The fourth-order valence-corrected chi connectivity index (χ4v) is 2.93. The molecule has 0 aliphatic carbocycles. The Labute approximate surface area is 121 Å². The third-order valence-electron chi connectivity index (χ3n) is 2.25. The molecule has 0 unspecified atom stereocenters. The van der Waals surface area contributed by atoms with Crippen molar-refractivity contribution in [1.29, 1.82) is 0 Å². The summed E-state index contributed by atoms with van der Waals surface area (Å²) < 4.78 is 0. The van der Waals surface area contributed by atoms with E-state index in [2.05, 4.69) is 24.9 Å². The van der Waals surface area contributed by atoms with Crippen LogP contribution in [0.2, 0.25) is 10.3 Å². The van der Waals surface area contributed by atoms with Crippen LogP contribution in [0.1, 0.15) is 0 Å². The highest BCUT2D eigenvalue weighted by molar-refractivity contribution is 7.99. The zero-order chi connectivity index (χ0) is 13.4. The Morgan fingerprint density at radius 1 is 1.11 bits per heavy atom. The highest BCUT2D eigenvalue weighted by Gasteiger charge is 2.09. The maximum absolute atomic E-state index is 5.84. The van der Waals surface area contributed by atoms with Crippen molar-refractivity contribution in [3.05, 3.63) is 28.8 Å². The largest absolute Gasteiger partial charge is 0.382 e. The molecule has 3 heterocycles. The van der Waals surface area contributed by atoms with Crippen molar-refractivity contribution in [2.24, 2.45) is 0 Å².